The Morgan fingerprint density at radius 3 is 2.48 bits per heavy atom. The van der Waals surface area contributed by atoms with Crippen LogP contribution in [0.1, 0.15) is 117 Å². The zero-order chi connectivity index (χ0) is 36.3. The lowest BCUT2D eigenvalue weighted by Gasteiger charge is -2.65. The largest absolute Gasteiger partial charge is 0.480 e. The number of nitrogens with one attached hydrogen (secondary N) is 1. The summed E-state index contributed by atoms with van der Waals surface area (Å²) in [5.41, 5.74) is 9.92. The molecular formula is C37H58N4O9. The second-order valence-corrected chi connectivity index (χ2v) is 16.2. The van der Waals surface area contributed by atoms with Crippen LogP contribution in [0, 0.1) is 34.5 Å². The Balaban J connectivity index is 1.03. The number of guanidine groups is 1. The highest BCUT2D eigenvalue weighted by atomic mass is 16.5. The predicted molar refractivity (Wildman–Crippen MR) is 184 cm³/mol. The van der Waals surface area contributed by atoms with E-state index in [9.17, 15) is 34.5 Å². The van der Waals surface area contributed by atoms with Gasteiger partial charge < -0.3 is 41.6 Å². The molecule has 5 aliphatic rings. The monoisotopic (exact) mass is 702 g/mol. The van der Waals surface area contributed by atoms with Crippen LogP contribution in [-0.2, 0) is 28.7 Å². The van der Waals surface area contributed by atoms with E-state index in [0.29, 0.717) is 51.0 Å². The SMILES string of the molecule is CC12CCC(OC(=O)CCCCCCC(=O)NC(CCCN=C(N)N)C(=O)O)CC1CCC1C2C(O)CC2(C)C(C3=CC(=O)OC3)CCC12O. The number of hydrogen-bond donors (Lipinski definition) is 6. The van der Waals surface area contributed by atoms with Crippen molar-refractivity contribution in [1.82, 2.24) is 5.32 Å². The number of fused-ring (bicyclic) bond motifs is 5. The molecule has 10 atom stereocenters. The first kappa shape index (κ1) is 38.1. The molecule has 1 amide bonds. The number of aliphatic carboxylic acids is 1. The Kier molecular flexibility index (Phi) is 11.9. The van der Waals surface area contributed by atoms with Crippen molar-refractivity contribution in [2.24, 2.45) is 51.0 Å². The van der Waals surface area contributed by atoms with Crippen molar-refractivity contribution in [2.75, 3.05) is 13.2 Å². The van der Waals surface area contributed by atoms with Gasteiger partial charge in [-0.25, -0.2) is 9.59 Å². The van der Waals surface area contributed by atoms with Crippen molar-refractivity contribution in [2.45, 2.75) is 140 Å². The summed E-state index contributed by atoms with van der Waals surface area (Å²) in [6.45, 7) is 4.95. The molecule has 4 aliphatic carbocycles. The molecule has 0 aromatic rings. The molecule has 1 heterocycles. The number of unbranched alkanes of at least 4 members (excludes halogenated alkanes) is 3. The second-order valence-electron chi connectivity index (χ2n) is 16.2. The van der Waals surface area contributed by atoms with Crippen molar-refractivity contribution in [3.63, 3.8) is 0 Å². The Morgan fingerprint density at radius 1 is 1.06 bits per heavy atom. The van der Waals surface area contributed by atoms with Crippen LogP contribution in [0.4, 0.5) is 0 Å². The van der Waals surface area contributed by atoms with E-state index in [1.54, 1.807) is 6.08 Å². The molecule has 13 nitrogen and oxygen atoms in total. The van der Waals surface area contributed by atoms with Crippen LogP contribution in [-0.4, -0.2) is 82.1 Å². The number of hydrogen-bond acceptors (Lipinski definition) is 9. The van der Waals surface area contributed by atoms with Crippen molar-refractivity contribution in [3.8, 4) is 0 Å². The first-order valence-electron chi connectivity index (χ1n) is 18.7. The minimum Gasteiger partial charge on any atom is -0.480 e. The van der Waals surface area contributed by atoms with E-state index in [4.69, 9.17) is 20.9 Å². The molecule has 0 spiro atoms. The number of aliphatic hydroxyl groups is 2. The lowest BCUT2D eigenvalue weighted by Crippen LogP contribution is -2.66. The summed E-state index contributed by atoms with van der Waals surface area (Å²) in [6.07, 6.45) is 10.9. The minimum atomic E-state index is -1.10. The Labute approximate surface area is 295 Å². The zero-order valence-corrected chi connectivity index (χ0v) is 29.7. The van der Waals surface area contributed by atoms with Crippen LogP contribution in [0.5, 0.6) is 0 Å². The van der Waals surface area contributed by atoms with Gasteiger partial charge in [-0.15, -0.1) is 0 Å². The third-order valence-corrected chi connectivity index (χ3v) is 13.3. The fourth-order valence-electron chi connectivity index (χ4n) is 10.8. The average molecular weight is 703 g/mol. The molecule has 1 aliphatic heterocycles. The maximum atomic E-state index is 12.8. The van der Waals surface area contributed by atoms with Crippen LogP contribution >= 0.6 is 0 Å². The van der Waals surface area contributed by atoms with Crippen LogP contribution in [0.2, 0.25) is 0 Å². The maximum Gasteiger partial charge on any atom is 0.331 e. The minimum absolute atomic E-state index is 0.0191. The second kappa shape index (κ2) is 15.6. The van der Waals surface area contributed by atoms with E-state index in [2.05, 4.69) is 24.2 Å². The van der Waals surface area contributed by atoms with Gasteiger partial charge in [-0.05, 0) is 112 Å². The van der Waals surface area contributed by atoms with Gasteiger partial charge >= 0.3 is 17.9 Å². The molecule has 0 radical (unpaired) electrons. The number of nitrogens with two attached hydrogens (primary N) is 2. The van der Waals surface area contributed by atoms with Gasteiger partial charge in [0.25, 0.3) is 0 Å². The third-order valence-electron chi connectivity index (χ3n) is 13.3. The number of aliphatic hydroxyl groups excluding tert-OH is 1. The molecular weight excluding hydrogens is 644 g/mol. The summed E-state index contributed by atoms with van der Waals surface area (Å²) in [5.74, 6) is -1.74. The van der Waals surface area contributed by atoms with Gasteiger partial charge in [0, 0.05) is 30.9 Å². The van der Waals surface area contributed by atoms with Gasteiger partial charge in [0.15, 0.2) is 5.96 Å². The molecule has 5 rings (SSSR count). The Hall–Kier alpha value is -3.19. The summed E-state index contributed by atoms with van der Waals surface area (Å²) in [7, 11) is 0. The highest BCUT2D eigenvalue weighted by Crippen LogP contribution is 2.70. The van der Waals surface area contributed by atoms with E-state index in [0.717, 1.165) is 56.9 Å². The zero-order valence-electron chi connectivity index (χ0n) is 29.7. The van der Waals surface area contributed by atoms with Crippen LogP contribution in [0.25, 0.3) is 0 Å². The standard InChI is InChI=1S/C37H58N4O9/c1-35-15-13-24(50-30(44)10-6-4-3-5-9-29(43)41-27(33(46)47)8-7-17-40-34(38)39)19-23(35)11-12-26-32(35)28(42)20-36(2)25(14-16-37(26,36)48)22-18-31(45)49-21-22/h18,23-28,32,42,48H,3-17,19-21H2,1-2H3,(H,41,43)(H,46,47)(H4,38,39,40). The van der Waals surface area contributed by atoms with Gasteiger partial charge in [-0.2, -0.15) is 0 Å². The topological polar surface area (TPSA) is 224 Å². The number of carbonyl (C=O) groups is 4. The number of cyclic esters (lactones) is 1. The van der Waals surface area contributed by atoms with E-state index in [-0.39, 0.29) is 72.5 Å². The van der Waals surface area contributed by atoms with Gasteiger partial charge in [0.2, 0.25) is 5.91 Å². The lowest BCUT2D eigenvalue weighted by atomic mass is 9.42. The lowest BCUT2D eigenvalue weighted by molar-refractivity contribution is -0.243. The maximum absolute atomic E-state index is 12.8. The smallest absolute Gasteiger partial charge is 0.331 e. The van der Waals surface area contributed by atoms with E-state index in [1.165, 1.54) is 0 Å². The van der Waals surface area contributed by atoms with Gasteiger partial charge in [-0.3, -0.25) is 14.6 Å². The Morgan fingerprint density at radius 2 is 1.80 bits per heavy atom. The molecule has 10 unspecified atom stereocenters. The molecule has 8 N–H and O–H groups in total. The van der Waals surface area contributed by atoms with Crippen molar-refractivity contribution < 1.29 is 44.0 Å². The van der Waals surface area contributed by atoms with Crippen LogP contribution < -0.4 is 16.8 Å². The first-order chi connectivity index (χ1) is 23.7. The number of carbonyl (C=O) groups excluding carboxylic acids is 3. The molecule has 0 aromatic heterocycles. The van der Waals surface area contributed by atoms with E-state index < -0.39 is 29.1 Å². The number of carboxylic acid groups (broad SMARTS) is 1. The molecule has 0 aromatic carbocycles. The Bertz CT molecular complexity index is 1350. The summed E-state index contributed by atoms with van der Waals surface area (Å²) in [6, 6.07) is -0.988. The highest BCUT2D eigenvalue weighted by molar-refractivity contribution is 5.85. The summed E-state index contributed by atoms with van der Waals surface area (Å²) in [5, 5.41) is 36.2. The van der Waals surface area contributed by atoms with Crippen LogP contribution in [0.15, 0.2) is 16.6 Å². The molecule has 0 saturated heterocycles. The first-order valence-corrected chi connectivity index (χ1v) is 18.7. The fraction of sp³-hybridized carbons (Fsp3) is 0.811. The molecule has 4 saturated carbocycles. The quantitative estimate of drug-likeness (QED) is 0.0629. The number of rotatable bonds is 15. The molecule has 50 heavy (non-hydrogen) atoms. The molecule has 0 bridgehead atoms. The van der Waals surface area contributed by atoms with Gasteiger partial charge in [0.1, 0.15) is 18.8 Å². The van der Waals surface area contributed by atoms with Gasteiger partial charge in [-0.1, -0.05) is 26.7 Å². The number of esters is 2. The van der Waals surface area contributed by atoms with Crippen molar-refractivity contribution in [3.05, 3.63) is 11.6 Å². The predicted octanol–water partition coefficient (Wildman–Crippen LogP) is 3.09. The number of ether oxygens (including phenoxy) is 2. The molecule has 4 fully saturated rings. The van der Waals surface area contributed by atoms with Crippen molar-refractivity contribution in [1.29, 1.82) is 0 Å². The third kappa shape index (κ3) is 7.83. The average Bonchev–Trinajstić information content (AvgIpc) is 3.59. The highest BCUT2D eigenvalue weighted by Gasteiger charge is 2.70. The number of aliphatic imine (C=N–C) groups is 1. The van der Waals surface area contributed by atoms with Crippen molar-refractivity contribution >= 4 is 29.8 Å². The normalized spacial score (nSPS) is 36.6. The van der Waals surface area contributed by atoms with Gasteiger partial charge in [0.05, 0.1) is 11.7 Å². The molecule has 13 heteroatoms. The fourth-order valence-corrected chi connectivity index (χ4v) is 10.8. The number of nitrogens with zero attached hydrogens (tertiary/aromatic N) is 1. The number of amides is 1. The van der Waals surface area contributed by atoms with E-state index in [1.807, 2.05) is 0 Å². The van der Waals surface area contributed by atoms with Crippen LogP contribution in [0.3, 0.4) is 0 Å². The summed E-state index contributed by atoms with van der Waals surface area (Å²) < 4.78 is 11.2. The molecule has 280 valence electrons. The summed E-state index contributed by atoms with van der Waals surface area (Å²) >= 11 is 0. The summed E-state index contributed by atoms with van der Waals surface area (Å²) in [4.78, 5) is 52.2. The number of carboxylic acids is 1. The van der Waals surface area contributed by atoms with E-state index >= 15 is 0 Å².